The number of allylic oxidation sites excluding steroid dienone is 1. The molecule has 0 amide bonds. The Labute approximate surface area is 228 Å². The third kappa shape index (κ3) is 5.49. The van der Waals surface area contributed by atoms with Crippen molar-refractivity contribution in [1.29, 1.82) is 0 Å². The van der Waals surface area contributed by atoms with Gasteiger partial charge in [-0.1, -0.05) is 30.3 Å². The summed E-state index contributed by atoms with van der Waals surface area (Å²) in [5.41, 5.74) is 0.821. The average Bonchev–Trinajstić information content (AvgIpc) is 3.28. The summed E-state index contributed by atoms with van der Waals surface area (Å²) in [6, 6.07) is 13.3. The topological polar surface area (TPSA) is 205 Å². The lowest BCUT2D eigenvalue weighted by Gasteiger charge is -2.42. The molecule has 10 unspecified atom stereocenters. The van der Waals surface area contributed by atoms with Gasteiger partial charge in [0, 0.05) is 5.56 Å². The Morgan fingerprint density at radius 2 is 1.38 bits per heavy atom. The van der Waals surface area contributed by atoms with E-state index in [4.69, 9.17) is 23.7 Å². The third-order valence-corrected chi connectivity index (χ3v) is 6.97. The quantitative estimate of drug-likeness (QED) is 0.188. The van der Waals surface area contributed by atoms with E-state index in [0.717, 1.165) is 0 Å². The first-order valence-corrected chi connectivity index (χ1v) is 12.6. The summed E-state index contributed by atoms with van der Waals surface area (Å²) >= 11 is 0. The molecule has 216 valence electrons. The van der Waals surface area contributed by atoms with E-state index in [0.29, 0.717) is 16.9 Å². The highest BCUT2D eigenvalue weighted by Crippen LogP contribution is 2.34. The van der Waals surface area contributed by atoms with E-state index in [9.17, 15) is 40.5 Å². The van der Waals surface area contributed by atoms with Crippen molar-refractivity contribution in [2.45, 2.75) is 61.4 Å². The molecule has 2 fully saturated rings. The molecule has 7 N–H and O–H groups in total. The minimum atomic E-state index is -1.72. The molecule has 3 aliphatic rings. The molecular formula is C27H30O13. The summed E-state index contributed by atoms with van der Waals surface area (Å²) in [5, 5.41) is 70.9. The molecular weight excluding hydrogens is 532 g/mol. The molecule has 13 nitrogen and oxygen atoms in total. The number of benzene rings is 2. The fraction of sp³-hybridized carbons (Fsp3) is 0.444. The minimum Gasteiger partial charge on any atom is -0.461 e. The molecule has 3 aliphatic heterocycles. The van der Waals surface area contributed by atoms with E-state index in [1.165, 1.54) is 6.08 Å². The van der Waals surface area contributed by atoms with E-state index in [1.807, 2.05) is 0 Å². The van der Waals surface area contributed by atoms with E-state index in [2.05, 4.69) is 0 Å². The van der Waals surface area contributed by atoms with E-state index < -0.39 is 74.6 Å². The van der Waals surface area contributed by atoms with Crippen LogP contribution in [-0.2, 0) is 14.2 Å². The molecule has 0 saturated carbocycles. The van der Waals surface area contributed by atoms with Crippen molar-refractivity contribution < 1.29 is 64.2 Å². The first-order valence-electron chi connectivity index (χ1n) is 12.6. The number of rotatable bonds is 7. The van der Waals surface area contributed by atoms with Crippen LogP contribution in [-0.4, -0.2) is 116 Å². The number of aliphatic hydroxyl groups excluding tert-OH is 7. The summed E-state index contributed by atoms with van der Waals surface area (Å²) in [6.07, 6.45) is -14.0. The molecule has 0 bridgehead atoms. The number of fused-ring (bicyclic) bond motifs is 1. The summed E-state index contributed by atoms with van der Waals surface area (Å²) in [6.45, 7) is -1.16. The summed E-state index contributed by atoms with van der Waals surface area (Å²) in [7, 11) is 0. The van der Waals surface area contributed by atoms with Gasteiger partial charge in [-0.15, -0.1) is 0 Å². The second-order valence-electron chi connectivity index (χ2n) is 9.64. The van der Waals surface area contributed by atoms with Crippen LogP contribution in [0.25, 0.3) is 6.08 Å². The van der Waals surface area contributed by atoms with E-state index in [1.54, 1.807) is 48.5 Å². The Hall–Kier alpha value is -2.95. The van der Waals surface area contributed by atoms with Gasteiger partial charge in [0.25, 0.3) is 0 Å². The van der Waals surface area contributed by atoms with Crippen LogP contribution in [0, 0.1) is 0 Å². The highest BCUT2D eigenvalue weighted by Gasteiger charge is 2.48. The maximum absolute atomic E-state index is 12.7. The van der Waals surface area contributed by atoms with Crippen LogP contribution in [0.15, 0.2) is 54.3 Å². The molecule has 10 atom stereocenters. The maximum Gasteiger partial charge on any atom is 0.231 e. The molecule has 0 aromatic heterocycles. The largest absolute Gasteiger partial charge is 0.461 e. The highest BCUT2D eigenvalue weighted by molar-refractivity contribution is 6.14. The van der Waals surface area contributed by atoms with Crippen molar-refractivity contribution in [1.82, 2.24) is 0 Å². The number of ether oxygens (including phenoxy) is 5. The molecule has 2 aromatic rings. The van der Waals surface area contributed by atoms with Gasteiger partial charge in [0.05, 0.1) is 18.8 Å². The predicted octanol–water partition coefficient (Wildman–Crippen LogP) is -1.69. The first-order chi connectivity index (χ1) is 19.2. The van der Waals surface area contributed by atoms with E-state index in [-0.39, 0.29) is 17.3 Å². The number of carbonyl (C=O) groups excluding carboxylic acids is 1. The van der Waals surface area contributed by atoms with Crippen molar-refractivity contribution >= 4 is 11.9 Å². The Balaban J connectivity index is 1.29. The smallest absolute Gasteiger partial charge is 0.231 e. The molecule has 40 heavy (non-hydrogen) atoms. The van der Waals surface area contributed by atoms with E-state index >= 15 is 0 Å². The molecule has 2 saturated heterocycles. The first kappa shape index (κ1) is 28.6. The minimum absolute atomic E-state index is 0.0589. The Morgan fingerprint density at radius 3 is 2.10 bits per heavy atom. The van der Waals surface area contributed by atoms with Gasteiger partial charge in [0.15, 0.2) is 12.0 Å². The summed E-state index contributed by atoms with van der Waals surface area (Å²) in [4.78, 5) is 12.7. The van der Waals surface area contributed by atoms with Crippen molar-refractivity contribution in [3.8, 4) is 11.5 Å². The van der Waals surface area contributed by atoms with Crippen molar-refractivity contribution in [2.24, 2.45) is 0 Å². The zero-order chi connectivity index (χ0) is 28.6. The second-order valence-corrected chi connectivity index (χ2v) is 9.64. The normalized spacial score (nSPS) is 36.8. The molecule has 13 heteroatoms. The highest BCUT2D eigenvalue weighted by atomic mass is 16.7. The van der Waals surface area contributed by atoms with Crippen LogP contribution in [0.1, 0.15) is 15.9 Å². The molecule has 0 spiro atoms. The van der Waals surface area contributed by atoms with Crippen molar-refractivity contribution in [3.63, 3.8) is 0 Å². The Kier molecular flexibility index (Phi) is 8.49. The van der Waals surface area contributed by atoms with Gasteiger partial charge in [0.1, 0.15) is 60.3 Å². The Bertz CT molecular complexity index is 1230. The second kappa shape index (κ2) is 11.9. The number of Topliss-reactive ketones (excluding diaryl/α,β-unsaturated/α-hetero) is 1. The van der Waals surface area contributed by atoms with Crippen LogP contribution in [0.3, 0.4) is 0 Å². The number of hydrogen-bond acceptors (Lipinski definition) is 13. The number of ketones is 1. The molecule has 3 heterocycles. The van der Waals surface area contributed by atoms with Gasteiger partial charge in [-0.25, -0.2) is 0 Å². The fourth-order valence-corrected chi connectivity index (χ4v) is 4.66. The van der Waals surface area contributed by atoms with Gasteiger partial charge >= 0.3 is 0 Å². The molecule has 2 aromatic carbocycles. The molecule has 0 aliphatic carbocycles. The number of carbonyl (C=O) groups is 1. The zero-order valence-electron chi connectivity index (χ0n) is 21.0. The standard InChI is InChI=1S/C27H30O13/c28-10-17-20(30)22(32)24(34)26(39-17)36-11-18-21(31)23(33)25(35)27(40-18)38-14-7-3-1-5-12(14)9-16-19(29)13-6-2-4-8-15(13)37-16/h1-9,17-18,20-28,30-35H,10-11H2. The number of hydrogen-bond donors (Lipinski definition) is 7. The monoisotopic (exact) mass is 562 g/mol. The molecule has 5 rings (SSSR count). The number of aliphatic hydroxyl groups is 7. The predicted molar refractivity (Wildman–Crippen MR) is 133 cm³/mol. The number of para-hydroxylation sites is 2. The Morgan fingerprint density at radius 1 is 0.750 bits per heavy atom. The van der Waals surface area contributed by atoms with Crippen LogP contribution >= 0.6 is 0 Å². The van der Waals surface area contributed by atoms with Crippen LogP contribution in [0.2, 0.25) is 0 Å². The van der Waals surface area contributed by atoms with Crippen LogP contribution in [0.4, 0.5) is 0 Å². The van der Waals surface area contributed by atoms with Crippen molar-refractivity contribution in [3.05, 3.63) is 65.4 Å². The zero-order valence-corrected chi connectivity index (χ0v) is 21.0. The SMILES string of the molecule is O=C1C(=Cc2ccccc2OC2OC(COC3OC(CO)C(O)C(O)C3O)C(O)C(O)C2O)Oc2ccccc21. The van der Waals surface area contributed by atoms with Crippen molar-refractivity contribution in [2.75, 3.05) is 13.2 Å². The van der Waals surface area contributed by atoms with Gasteiger partial charge in [-0.2, -0.15) is 0 Å². The van der Waals surface area contributed by atoms with Crippen LogP contribution in [0.5, 0.6) is 11.5 Å². The summed E-state index contributed by atoms with van der Waals surface area (Å²) in [5.74, 6) is 0.332. The third-order valence-electron chi connectivity index (χ3n) is 6.97. The van der Waals surface area contributed by atoms with Gasteiger partial charge < -0.3 is 59.4 Å². The summed E-state index contributed by atoms with van der Waals surface area (Å²) < 4.78 is 27.9. The lowest BCUT2D eigenvalue weighted by molar-refractivity contribution is -0.323. The van der Waals surface area contributed by atoms with Gasteiger partial charge in [0.2, 0.25) is 12.1 Å². The van der Waals surface area contributed by atoms with Gasteiger partial charge in [-0.3, -0.25) is 4.79 Å². The maximum atomic E-state index is 12.7. The fourth-order valence-electron chi connectivity index (χ4n) is 4.66. The lowest BCUT2D eigenvalue weighted by atomic mass is 9.98. The van der Waals surface area contributed by atoms with Crippen LogP contribution < -0.4 is 9.47 Å². The average molecular weight is 563 g/mol. The lowest BCUT2D eigenvalue weighted by Crippen LogP contribution is -2.62. The van der Waals surface area contributed by atoms with Gasteiger partial charge in [-0.05, 0) is 24.3 Å². The molecule has 0 radical (unpaired) electrons.